The lowest BCUT2D eigenvalue weighted by Gasteiger charge is -2.27. The van der Waals surface area contributed by atoms with Crippen LogP contribution in [0.2, 0.25) is 0 Å². The van der Waals surface area contributed by atoms with E-state index in [0.29, 0.717) is 25.7 Å². The summed E-state index contributed by atoms with van der Waals surface area (Å²) in [5, 5.41) is 2.68. The average Bonchev–Trinajstić information content (AvgIpc) is 3.14. The number of nitrogens with one attached hydrogen (secondary N) is 1. The maximum Gasteiger partial charge on any atom is 0.324 e. The van der Waals surface area contributed by atoms with E-state index in [1.165, 1.54) is 17.0 Å². The second-order valence-electron chi connectivity index (χ2n) is 6.41. The number of hydrogen-bond acceptors (Lipinski definition) is 5. The third-order valence-corrected chi connectivity index (χ3v) is 4.91. The molecule has 3 amide bonds. The number of urea groups is 1. The molecule has 0 aliphatic carbocycles. The Morgan fingerprint density at radius 3 is 3.13 bits per heavy atom. The van der Waals surface area contributed by atoms with Crippen molar-refractivity contribution in [1.29, 1.82) is 0 Å². The lowest BCUT2D eigenvalue weighted by Crippen LogP contribution is -2.44. The Morgan fingerprint density at radius 2 is 2.30 bits per heavy atom. The minimum atomic E-state index is -0.272. The molecule has 2 saturated heterocycles. The SMILES string of the molecule is O=C(CN1Cc2ncccc2N2CCC[C@H]2C1)N1CCNC1=O. The molecule has 1 aromatic heterocycles. The van der Waals surface area contributed by atoms with E-state index in [0.717, 1.165) is 25.2 Å². The summed E-state index contributed by atoms with van der Waals surface area (Å²) in [5.41, 5.74) is 2.22. The molecule has 1 aromatic rings. The first-order valence-corrected chi connectivity index (χ1v) is 8.23. The Hall–Kier alpha value is -2.15. The average molecular weight is 315 g/mol. The Labute approximate surface area is 135 Å². The molecule has 2 fully saturated rings. The van der Waals surface area contributed by atoms with Crippen LogP contribution in [-0.2, 0) is 11.3 Å². The molecule has 0 aromatic carbocycles. The van der Waals surface area contributed by atoms with Crippen LogP contribution in [-0.4, -0.2) is 65.5 Å². The van der Waals surface area contributed by atoms with E-state index in [9.17, 15) is 9.59 Å². The number of amides is 3. The minimum absolute atomic E-state index is 0.121. The third kappa shape index (κ3) is 2.65. The number of rotatable bonds is 2. The minimum Gasteiger partial charge on any atom is -0.366 e. The fourth-order valence-electron chi connectivity index (χ4n) is 3.84. The number of pyridine rings is 1. The first-order valence-electron chi connectivity index (χ1n) is 8.23. The summed E-state index contributed by atoms with van der Waals surface area (Å²) in [4.78, 5) is 34.5. The molecule has 0 bridgehead atoms. The van der Waals surface area contributed by atoms with E-state index in [2.05, 4.69) is 26.2 Å². The Balaban J connectivity index is 1.54. The van der Waals surface area contributed by atoms with Crippen LogP contribution in [0.5, 0.6) is 0 Å². The zero-order valence-corrected chi connectivity index (χ0v) is 13.1. The summed E-state index contributed by atoms with van der Waals surface area (Å²) in [5.74, 6) is -0.121. The second kappa shape index (κ2) is 5.81. The van der Waals surface area contributed by atoms with Crippen LogP contribution in [0, 0.1) is 0 Å². The fourth-order valence-corrected chi connectivity index (χ4v) is 3.84. The number of carbonyl (C=O) groups is 2. The van der Waals surface area contributed by atoms with Gasteiger partial charge in [0.2, 0.25) is 5.91 Å². The molecule has 1 N–H and O–H groups in total. The van der Waals surface area contributed by atoms with E-state index in [-0.39, 0.29) is 18.5 Å². The van der Waals surface area contributed by atoms with Gasteiger partial charge in [-0.05, 0) is 25.0 Å². The first-order chi connectivity index (χ1) is 11.2. The first kappa shape index (κ1) is 14.4. The number of carbonyl (C=O) groups excluding carboxylic acids is 2. The van der Waals surface area contributed by atoms with Gasteiger partial charge in [0.25, 0.3) is 0 Å². The monoisotopic (exact) mass is 315 g/mol. The molecule has 0 spiro atoms. The molecular formula is C16H21N5O2. The molecular weight excluding hydrogens is 294 g/mol. The second-order valence-corrected chi connectivity index (χ2v) is 6.41. The van der Waals surface area contributed by atoms with Gasteiger partial charge >= 0.3 is 6.03 Å². The highest BCUT2D eigenvalue weighted by molar-refractivity contribution is 5.96. The predicted octanol–water partition coefficient (Wildman–Crippen LogP) is 0.418. The van der Waals surface area contributed by atoms with E-state index in [1.54, 1.807) is 0 Å². The number of anilines is 1. The maximum absolute atomic E-state index is 12.4. The van der Waals surface area contributed by atoms with Crippen molar-refractivity contribution in [2.75, 3.05) is 37.6 Å². The van der Waals surface area contributed by atoms with Crippen molar-refractivity contribution < 1.29 is 9.59 Å². The van der Waals surface area contributed by atoms with Gasteiger partial charge in [-0.25, -0.2) is 4.79 Å². The summed E-state index contributed by atoms with van der Waals surface area (Å²) in [6.07, 6.45) is 4.13. The largest absolute Gasteiger partial charge is 0.366 e. The quantitative estimate of drug-likeness (QED) is 0.856. The van der Waals surface area contributed by atoms with Gasteiger partial charge in [0.1, 0.15) is 0 Å². The lowest BCUT2D eigenvalue weighted by molar-refractivity contribution is -0.128. The molecule has 7 heteroatoms. The van der Waals surface area contributed by atoms with Gasteiger partial charge in [0.05, 0.1) is 17.9 Å². The smallest absolute Gasteiger partial charge is 0.324 e. The van der Waals surface area contributed by atoms with Gasteiger partial charge in [-0.1, -0.05) is 0 Å². The van der Waals surface area contributed by atoms with Crippen LogP contribution >= 0.6 is 0 Å². The molecule has 0 saturated carbocycles. The van der Waals surface area contributed by atoms with Crippen molar-refractivity contribution in [3.8, 4) is 0 Å². The van der Waals surface area contributed by atoms with Crippen molar-refractivity contribution in [2.24, 2.45) is 0 Å². The van der Waals surface area contributed by atoms with E-state index in [4.69, 9.17) is 0 Å². The Bertz CT molecular complexity index is 635. The molecule has 7 nitrogen and oxygen atoms in total. The van der Waals surface area contributed by atoms with Gasteiger partial charge < -0.3 is 10.2 Å². The lowest BCUT2D eigenvalue weighted by atomic mass is 10.2. The van der Waals surface area contributed by atoms with E-state index >= 15 is 0 Å². The van der Waals surface area contributed by atoms with Gasteiger partial charge in [0.15, 0.2) is 0 Å². The molecule has 4 heterocycles. The van der Waals surface area contributed by atoms with Crippen molar-refractivity contribution >= 4 is 17.6 Å². The van der Waals surface area contributed by atoms with Crippen molar-refractivity contribution in [2.45, 2.75) is 25.4 Å². The molecule has 3 aliphatic rings. The highest BCUT2D eigenvalue weighted by Crippen LogP contribution is 2.31. The molecule has 23 heavy (non-hydrogen) atoms. The topological polar surface area (TPSA) is 68.8 Å². The zero-order valence-electron chi connectivity index (χ0n) is 13.1. The summed E-state index contributed by atoms with van der Waals surface area (Å²) >= 11 is 0. The van der Waals surface area contributed by atoms with Gasteiger partial charge in [-0.3, -0.25) is 19.6 Å². The van der Waals surface area contributed by atoms with Gasteiger partial charge in [-0.2, -0.15) is 0 Å². The number of aromatic nitrogens is 1. The number of hydrogen-bond donors (Lipinski definition) is 1. The standard InChI is InChI=1S/C16H21N5O2/c22-15(21-8-6-18-16(21)23)11-19-9-12-3-2-7-20(12)14-4-1-5-17-13(14)10-19/h1,4-5,12H,2-3,6-11H2,(H,18,23)/t12-/m0/s1. The van der Waals surface area contributed by atoms with Crippen LogP contribution < -0.4 is 10.2 Å². The molecule has 4 rings (SSSR count). The normalized spacial score (nSPS) is 24.2. The maximum atomic E-state index is 12.4. The van der Waals surface area contributed by atoms with E-state index < -0.39 is 0 Å². The van der Waals surface area contributed by atoms with Crippen molar-refractivity contribution in [1.82, 2.24) is 20.1 Å². The summed E-state index contributed by atoms with van der Waals surface area (Å²) in [6.45, 7) is 3.84. The van der Waals surface area contributed by atoms with E-state index in [1.807, 2.05) is 12.3 Å². The molecule has 0 radical (unpaired) electrons. The van der Waals surface area contributed by atoms with Crippen molar-refractivity contribution in [3.05, 3.63) is 24.0 Å². The number of nitrogens with zero attached hydrogens (tertiary/aromatic N) is 4. The third-order valence-electron chi connectivity index (χ3n) is 4.91. The van der Waals surface area contributed by atoms with Gasteiger partial charge in [-0.15, -0.1) is 0 Å². The molecule has 122 valence electrons. The zero-order chi connectivity index (χ0) is 15.8. The molecule has 0 unspecified atom stereocenters. The van der Waals surface area contributed by atoms with Crippen LogP contribution in [0.3, 0.4) is 0 Å². The summed E-state index contributed by atoms with van der Waals surface area (Å²) in [6, 6.07) is 4.26. The highest BCUT2D eigenvalue weighted by atomic mass is 16.2. The fraction of sp³-hybridized carbons (Fsp3) is 0.562. The highest BCUT2D eigenvalue weighted by Gasteiger charge is 2.34. The number of imide groups is 1. The summed E-state index contributed by atoms with van der Waals surface area (Å²) in [7, 11) is 0. The van der Waals surface area contributed by atoms with Gasteiger partial charge in [0, 0.05) is 45.0 Å². The molecule has 3 aliphatic heterocycles. The summed E-state index contributed by atoms with van der Waals surface area (Å²) < 4.78 is 0. The Kier molecular flexibility index (Phi) is 3.65. The van der Waals surface area contributed by atoms with Crippen LogP contribution in [0.15, 0.2) is 18.3 Å². The van der Waals surface area contributed by atoms with Crippen LogP contribution in [0.25, 0.3) is 0 Å². The Morgan fingerprint density at radius 1 is 1.39 bits per heavy atom. The van der Waals surface area contributed by atoms with Crippen molar-refractivity contribution in [3.63, 3.8) is 0 Å². The van der Waals surface area contributed by atoms with Crippen LogP contribution in [0.4, 0.5) is 10.5 Å². The van der Waals surface area contributed by atoms with Crippen LogP contribution in [0.1, 0.15) is 18.5 Å². The molecule has 1 atom stereocenters. The predicted molar refractivity (Wildman–Crippen MR) is 85.0 cm³/mol. The number of fused-ring (bicyclic) bond motifs is 3.